The number of nitrogens with zero attached hydrogens (tertiary/aromatic N) is 1. The van der Waals surface area contributed by atoms with Gasteiger partial charge in [-0.2, -0.15) is 0 Å². The lowest BCUT2D eigenvalue weighted by molar-refractivity contribution is 0.0905. The Hall–Kier alpha value is -1.71. The van der Waals surface area contributed by atoms with Gasteiger partial charge in [0, 0.05) is 25.7 Å². The molecule has 1 amide bonds. The first-order valence-corrected chi connectivity index (χ1v) is 7.90. The third-order valence-electron chi connectivity index (χ3n) is 4.52. The monoisotopic (exact) mass is 289 g/mol. The molecule has 1 aromatic rings. The third-order valence-corrected chi connectivity index (χ3v) is 4.52. The van der Waals surface area contributed by atoms with Crippen LogP contribution in [0.1, 0.15) is 49.4 Å². The van der Waals surface area contributed by atoms with Gasteiger partial charge in [0.1, 0.15) is 0 Å². The number of amides is 1. The van der Waals surface area contributed by atoms with Gasteiger partial charge in [-0.25, -0.2) is 0 Å². The SMILES string of the molecule is CCC1CCCCC1NC(=O)c1ccc(N(C)C)c(N)c1. The van der Waals surface area contributed by atoms with E-state index in [4.69, 9.17) is 5.73 Å². The molecule has 4 heteroatoms. The summed E-state index contributed by atoms with van der Waals surface area (Å²) in [5.41, 5.74) is 8.26. The molecular weight excluding hydrogens is 262 g/mol. The van der Waals surface area contributed by atoms with Crippen molar-refractivity contribution in [1.29, 1.82) is 0 Å². The number of nitrogens with two attached hydrogens (primary N) is 1. The van der Waals surface area contributed by atoms with E-state index >= 15 is 0 Å². The average Bonchev–Trinajstić information content (AvgIpc) is 2.47. The quantitative estimate of drug-likeness (QED) is 0.838. The van der Waals surface area contributed by atoms with E-state index in [2.05, 4.69) is 12.2 Å². The smallest absolute Gasteiger partial charge is 0.251 e. The minimum Gasteiger partial charge on any atom is -0.397 e. The van der Waals surface area contributed by atoms with Crippen LogP contribution in [0.4, 0.5) is 11.4 Å². The zero-order chi connectivity index (χ0) is 15.4. The van der Waals surface area contributed by atoms with Crippen molar-refractivity contribution in [1.82, 2.24) is 5.32 Å². The normalized spacial score (nSPS) is 21.9. The standard InChI is InChI=1S/C17H27N3O/c1-4-12-7-5-6-8-15(12)19-17(21)13-9-10-16(20(2)3)14(18)11-13/h9-12,15H,4-8,18H2,1-3H3,(H,19,21). The molecule has 0 aromatic heterocycles. The first kappa shape index (κ1) is 15.7. The first-order chi connectivity index (χ1) is 10.0. The van der Waals surface area contributed by atoms with Crippen LogP contribution >= 0.6 is 0 Å². The number of nitrogen functional groups attached to an aromatic ring is 1. The Kier molecular flexibility index (Phi) is 5.10. The second-order valence-corrected chi connectivity index (χ2v) is 6.20. The van der Waals surface area contributed by atoms with E-state index in [1.165, 1.54) is 19.3 Å². The van der Waals surface area contributed by atoms with Gasteiger partial charge in [-0.1, -0.05) is 26.2 Å². The fraction of sp³-hybridized carbons (Fsp3) is 0.588. The van der Waals surface area contributed by atoms with Crippen LogP contribution in [-0.2, 0) is 0 Å². The number of rotatable bonds is 4. The average molecular weight is 289 g/mol. The van der Waals surface area contributed by atoms with Crippen LogP contribution in [0.15, 0.2) is 18.2 Å². The summed E-state index contributed by atoms with van der Waals surface area (Å²) in [4.78, 5) is 14.4. The van der Waals surface area contributed by atoms with Crippen molar-refractivity contribution in [3.63, 3.8) is 0 Å². The summed E-state index contributed by atoms with van der Waals surface area (Å²) in [6.07, 6.45) is 5.95. The molecule has 4 nitrogen and oxygen atoms in total. The first-order valence-electron chi connectivity index (χ1n) is 7.90. The molecule has 0 spiro atoms. The van der Waals surface area contributed by atoms with Crippen LogP contribution in [0.25, 0.3) is 0 Å². The third kappa shape index (κ3) is 3.69. The van der Waals surface area contributed by atoms with Crippen molar-refractivity contribution in [2.24, 2.45) is 5.92 Å². The number of carbonyl (C=O) groups excluding carboxylic acids is 1. The lowest BCUT2D eigenvalue weighted by Crippen LogP contribution is -2.41. The lowest BCUT2D eigenvalue weighted by atomic mass is 9.83. The molecule has 2 rings (SSSR count). The van der Waals surface area contributed by atoms with Gasteiger partial charge in [-0.15, -0.1) is 0 Å². The van der Waals surface area contributed by atoms with E-state index in [9.17, 15) is 4.79 Å². The Morgan fingerprint density at radius 2 is 2.05 bits per heavy atom. The van der Waals surface area contributed by atoms with Crippen LogP contribution < -0.4 is 16.0 Å². The Morgan fingerprint density at radius 1 is 1.33 bits per heavy atom. The van der Waals surface area contributed by atoms with Crippen molar-refractivity contribution in [2.75, 3.05) is 24.7 Å². The number of benzene rings is 1. The molecule has 116 valence electrons. The van der Waals surface area contributed by atoms with E-state index < -0.39 is 0 Å². The number of hydrogen-bond donors (Lipinski definition) is 2. The number of anilines is 2. The molecule has 0 saturated heterocycles. The van der Waals surface area contributed by atoms with Crippen molar-refractivity contribution in [3.8, 4) is 0 Å². The number of carbonyl (C=O) groups is 1. The Balaban J connectivity index is 2.07. The van der Waals surface area contributed by atoms with Crippen LogP contribution in [0.2, 0.25) is 0 Å². The van der Waals surface area contributed by atoms with Gasteiger partial charge in [0.15, 0.2) is 0 Å². The molecule has 1 saturated carbocycles. The molecule has 1 aliphatic rings. The van der Waals surface area contributed by atoms with Gasteiger partial charge < -0.3 is 16.0 Å². The molecule has 3 N–H and O–H groups in total. The highest BCUT2D eigenvalue weighted by atomic mass is 16.1. The molecule has 0 bridgehead atoms. The van der Waals surface area contributed by atoms with Gasteiger partial charge in [-0.05, 0) is 37.0 Å². The molecule has 0 heterocycles. The molecule has 1 aromatic carbocycles. The van der Waals surface area contributed by atoms with E-state index in [1.54, 1.807) is 6.07 Å². The zero-order valence-electron chi connectivity index (χ0n) is 13.4. The summed E-state index contributed by atoms with van der Waals surface area (Å²) < 4.78 is 0. The highest BCUT2D eigenvalue weighted by Gasteiger charge is 2.25. The van der Waals surface area contributed by atoms with Crippen LogP contribution in [-0.4, -0.2) is 26.0 Å². The van der Waals surface area contributed by atoms with Crippen LogP contribution in [0.5, 0.6) is 0 Å². The van der Waals surface area contributed by atoms with Crippen molar-refractivity contribution >= 4 is 17.3 Å². The highest BCUT2D eigenvalue weighted by molar-refractivity contribution is 5.96. The van der Waals surface area contributed by atoms with E-state index in [-0.39, 0.29) is 5.91 Å². The number of hydrogen-bond acceptors (Lipinski definition) is 3. The molecule has 0 aliphatic heterocycles. The molecule has 0 radical (unpaired) electrons. The second-order valence-electron chi connectivity index (χ2n) is 6.20. The fourth-order valence-electron chi connectivity index (χ4n) is 3.24. The highest BCUT2D eigenvalue weighted by Crippen LogP contribution is 2.27. The maximum atomic E-state index is 12.4. The molecular formula is C17H27N3O. The summed E-state index contributed by atoms with van der Waals surface area (Å²) in [5, 5.41) is 3.20. The van der Waals surface area contributed by atoms with Crippen molar-refractivity contribution in [3.05, 3.63) is 23.8 Å². The van der Waals surface area contributed by atoms with Gasteiger partial charge in [0.05, 0.1) is 11.4 Å². The summed E-state index contributed by atoms with van der Waals surface area (Å²) in [5.74, 6) is 0.610. The van der Waals surface area contributed by atoms with Crippen LogP contribution in [0.3, 0.4) is 0 Å². The molecule has 1 fully saturated rings. The van der Waals surface area contributed by atoms with Crippen LogP contribution in [0, 0.1) is 5.92 Å². The van der Waals surface area contributed by atoms with E-state index in [0.717, 1.165) is 18.5 Å². The molecule has 2 unspecified atom stereocenters. The minimum absolute atomic E-state index is 0.00245. The summed E-state index contributed by atoms with van der Waals surface area (Å²) in [7, 11) is 3.89. The lowest BCUT2D eigenvalue weighted by Gasteiger charge is -2.31. The van der Waals surface area contributed by atoms with Crippen molar-refractivity contribution < 1.29 is 4.79 Å². The Bertz CT molecular complexity index is 499. The predicted molar refractivity (Wildman–Crippen MR) is 88.7 cm³/mol. The largest absolute Gasteiger partial charge is 0.397 e. The summed E-state index contributed by atoms with van der Waals surface area (Å²) in [6, 6.07) is 5.84. The molecule has 1 aliphatic carbocycles. The molecule has 2 atom stereocenters. The summed E-state index contributed by atoms with van der Waals surface area (Å²) >= 11 is 0. The van der Waals surface area contributed by atoms with Gasteiger partial charge in [-0.3, -0.25) is 4.79 Å². The van der Waals surface area contributed by atoms with Gasteiger partial charge >= 0.3 is 0 Å². The zero-order valence-corrected chi connectivity index (χ0v) is 13.4. The molecule has 21 heavy (non-hydrogen) atoms. The summed E-state index contributed by atoms with van der Waals surface area (Å²) in [6.45, 7) is 2.21. The Labute approximate surface area is 127 Å². The minimum atomic E-state index is -0.00245. The Morgan fingerprint density at radius 3 is 2.67 bits per heavy atom. The fourth-order valence-corrected chi connectivity index (χ4v) is 3.24. The topological polar surface area (TPSA) is 58.4 Å². The van der Waals surface area contributed by atoms with Gasteiger partial charge in [0.2, 0.25) is 0 Å². The van der Waals surface area contributed by atoms with E-state index in [1.807, 2.05) is 31.1 Å². The second kappa shape index (κ2) is 6.83. The predicted octanol–water partition coefficient (Wildman–Crippen LogP) is 3.03. The van der Waals surface area contributed by atoms with Gasteiger partial charge in [0.25, 0.3) is 5.91 Å². The number of nitrogens with one attached hydrogen (secondary N) is 1. The maximum absolute atomic E-state index is 12.4. The van der Waals surface area contributed by atoms with E-state index in [0.29, 0.717) is 23.2 Å². The maximum Gasteiger partial charge on any atom is 0.251 e. The van der Waals surface area contributed by atoms with Crippen molar-refractivity contribution in [2.45, 2.75) is 45.1 Å².